The molecule has 1 aromatic carbocycles. The van der Waals surface area contributed by atoms with Crippen molar-refractivity contribution in [1.29, 1.82) is 0 Å². The van der Waals surface area contributed by atoms with Gasteiger partial charge < -0.3 is 15.7 Å². The average Bonchev–Trinajstić information content (AvgIpc) is 2.61. The molecule has 6 heteroatoms. The van der Waals surface area contributed by atoms with Gasteiger partial charge in [0.2, 0.25) is 11.8 Å². The van der Waals surface area contributed by atoms with Crippen molar-refractivity contribution in [1.82, 2.24) is 10.6 Å². The van der Waals surface area contributed by atoms with E-state index in [2.05, 4.69) is 10.6 Å². The van der Waals surface area contributed by atoms with Gasteiger partial charge in [0, 0.05) is 19.5 Å². The maximum atomic E-state index is 11.9. The molecule has 1 aliphatic rings. The lowest BCUT2D eigenvalue weighted by Crippen LogP contribution is -2.44. The first-order valence-corrected chi connectivity index (χ1v) is 8.83. The smallest absolute Gasteiger partial charge is 0.311 e. The van der Waals surface area contributed by atoms with Crippen LogP contribution in [0.4, 0.5) is 0 Å². The molecule has 0 bridgehead atoms. The molecule has 2 amide bonds. The fraction of sp³-hybridized carbons (Fsp3) is 0.526. The number of hydrogen-bond donors (Lipinski definition) is 3. The Morgan fingerprint density at radius 3 is 2.28 bits per heavy atom. The van der Waals surface area contributed by atoms with E-state index in [4.69, 9.17) is 0 Å². The molecular weight excluding hydrogens is 320 g/mol. The minimum atomic E-state index is -0.830. The lowest BCUT2D eigenvalue weighted by Gasteiger charge is -2.33. The Bertz CT molecular complexity index is 595. The van der Waals surface area contributed by atoms with Crippen LogP contribution in [0.1, 0.15) is 44.1 Å². The van der Waals surface area contributed by atoms with E-state index < -0.39 is 11.4 Å². The number of amides is 2. The van der Waals surface area contributed by atoms with Crippen molar-refractivity contribution in [2.45, 2.75) is 44.9 Å². The van der Waals surface area contributed by atoms with Gasteiger partial charge in [-0.2, -0.15) is 0 Å². The molecule has 136 valence electrons. The van der Waals surface area contributed by atoms with E-state index in [1.807, 2.05) is 30.3 Å². The van der Waals surface area contributed by atoms with Gasteiger partial charge in [-0.15, -0.1) is 0 Å². The molecule has 0 spiro atoms. The SMILES string of the molecule is O=C(CCNC(=O)Cc1ccccc1)NCC1(C(=O)O)CCCCC1. The molecule has 0 aliphatic heterocycles. The summed E-state index contributed by atoms with van der Waals surface area (Å²) >= 11 is 0. The molecule has 0 aromatic heterocycles. The van der Waals surface area contributed by atoms with Gasteiger partial charge in [-0.1, -0.05) is 49.6 Å². The van der Waals surface area contributed by atoms with Gasteiger partial charge in [0.15, 0.2) is 0 Å². The number of carboxylic acids is 1. The van der Waals surface area contributed by atoms with E-state index in [9.17, 15) is 19.5 Å². The number of nitrogens with one attached hydrogen (secondary N) is 2. The number of carbonyl (C=O) groups is 3. The Labute approximate surface area is 148 Å². The Balaban J connectivity index is 1.68. The van der Waals surface area contributed by atoms with Crippen molar-refractivity contribution in [3.8, 4) is 0 Å². The fourth-order valence-corrected chi connectivity index (χ4v) is 3.21. The van der Waals surface area contributed by atoms with Crippen molar-refractivity contribution < 1.29 is 19.5 Å². The Morgan fingerprint density at radius 1 is 0.960 bits per heavy atom. The second kappa shape index (κ2) is 9.20. The van der Waals surface area contributed by atoms with Crippen molar-refractivity contribution in [3.05, 3.63) is 35.9 Å². The summed E-state index contributed by atoms with van der Waals surface area (Å²) in [5.74, 6) is -1.19. The number of carboxylic acid groups (broad SMARTS) is 1. The molecule has 1 fully saturated rings. The summed E-state index contributed by atoms with van der Waals surface area (Å²) in [5.41, 5.74) is 0.0925. The summed E-state index contributed by atoms with van der Waals surface area (Å²) in [5, 5.41) is 14.9. The quantitative estimate of drug-likeness (QED) is 0.670. The number of aliphatic carboxylic acids is 1. The molecule has 0 unspecified atom stereocenters. The summed E-state index contributed by atoms with van der Waals surface area (Å²) in [7, 11) is 0. The van der Waals surface area contributed by atoms with Crippen LogP contribution in [0.15, 0.2) is 30.3 Å². The van der Waals surface area contributed by atoms with E-state index in [0.717, 1.165) is 24.8 Å². The number of carbonyl (C=O) groups excluding carboxylic acids is 2. The molecule has 1 aromatic rings. The van der Waals surface area contributed by atoms with E-state index >= 15 is 0 Å². The van der Waals surface area contributed by atoms with Crippen LogP contribution in [0.5, 0.6) is 0 Å². The van der Waals surface area contributed by atoms with Crippen LogP contribution in [-0.4, -0.2) is 36.0 Å². The van der Waals surface area contributed by atoms with Crippen molar-refractivity contribution in [2.75, 3.05) is 13.1 Å². The Hall–Kier alpha value is -2.37. The van der Waals surface area contributed by atoms with Crippen LogP contribution >= 0.6 is 0 Å². The fourth-order valence-electron chi connectivity index (χ4n) is 3.21. The van der Waals surface area contributed by atoms with E-state index in [0.29, 0.717) is 12.8 Å². The standard InChI is InChI=1S/C19H26N2O4/c22-16(21-14-19(18(24)25)10-5-2-6-11-19)9-12-20-17(23)13-15-7-3-1-4-8-15/h1,3-4,7-8H,2,5-6,9-14H2,(H,20,23)(H,21,22)(H,24,25). The summed E-state index contributed by atoms with van der Waals surface area (Å²) in [6.07, 6.45) is 4.47. The molecule has 1 saturated carbocycles. The lowest BCUT2D eigenvalue weighted by molar-refractivity contribution is -0.151. The van der Waals surface area contributed by atoms with Crippen LogP contribution in [0.25, 0.3) is 0 Å². The van der Waals surface area contributed by atoms with Gasteiger partial charge in [0.05, 0.1) is 11.8 Å². The number of hydrogen-bond acceptors (Lipinski definition) is 3. The maximum Gasteiger partial charge on any atom is 0.311 e. The molecule has 0 atom stereocenters. The highest BCUT2D eigenvalue weighted by atomic mass is 16.4. The average molecular weight is 346 g/mol. The number of benzene rings is 1. The summed E-state index contributed by atoms with van der Waals surface area (Å²) in [6, 6.07) is 9.39. The summed E-state index contributed by atoms with van der Waals surface area (Å²) in [6.45, 7) is 0.413. The van der Waals surface area contributed by atoms with Gasteiger partial charge >= 0.3 is 5.97 Å². The van der Waals surface area contributed by atoms with Gasteiger partial charge in [-0.05, 0) is 18.4 Å². The summed E-state index contributed by atoms with van der Waals surface area (Å²) < 4.78 is 0. The van der Waals surface area contributed by atoms with Crippen LogP contribution in [0.2, 0.25) is 0 Å². The second-order valence-corrected chi connectivity index (χ2v) is 6.69. The molecule has 3 N–H and O–H groups in total. The van der Waals surface area contributed by atoms with Gasteiger partial charge in [-0.3, -0.25) is 14.4 Å². The highest BCUT2D eigenvalue weighted by Crippen LogP contribution is 2.35. The summed E-state index contributed by atoms with van der Waals surface area (Å²) in [4.78, 5) is 35.3. The zero-order chi connectivity index (χ0) is 18.1. The van der Waals surface area contributed by atoms with E-state index in [1.54, 1.807) is 0 Å². The van der Waals surface area contributed by atoms with E-state index in [1.165, 1.54) is 0 Å². The third-order valence-electron chi connectivity index (χ3n) is 4.77. The third kappa shape index (κ3) is 5.89. The Morgan fingerprint density at radius 2 is 1.64 bits per heavy atom. The predicted molar refractivity (Wildman–Crippen MR) is 93.9 cm³/mol. The zero-order valence-electron chi connectivity index (χ0n) is 14.4. The van der Waals surface area contributed by atoms with Gasteiger partial charge in [-0.25, -0.2) is 0 Å². The largest absolute Gasteiger partial charge is 0.481 e. The van der Waals surface area contributed by atoms with Crippen LogP contribution < -0.4 is 10.6 Å². The molecule has 0 saturated heterocycles. The van der Waals surface area contributed by atoms with Crippen LogP contribution in [0, 0.1) is 5.41 Å². The van der Waals surface area contributed by atoms with Crippen LogP contribution in [-0.2, 0) is 20.8 Å². The predicted octanol–water partition coefficient (Wildman–Crippen LogP) is 1.89. The zero-order valence-corrected chi connectivity index (χ0v) is 14.4. The monoisotopic (exact) mass is 346 g/mol. The van der Waals surface area contributed by atoms with Crippen molar-refractivity contribution >= 4 is 17.8 Å². The third-order valence-corrected chi connectivity index (χ3v) is 4.77. The first-order valence-electron chi connectivity index (χ1n) is 8.83. The Kier molecular flexibility index (Phi) is 6.98. The normalized spacial score (nSPS) is 16.0. The number of rotatable bonds is 8. The minimum Gasteiger partial charge on any atom is -0.481 e. The second-order valence-electron chi connectivity index (χ2n) is 6.69. The first-order chi connectivity index (χ1) is 12.0. The van der Waals surface area contributed by atoms with E-state index in [-0.39, 0.29) is 37.7 Å². The molecule has 0 heterocycles. The maximum absolute atomic E-state index is 11.9. The highest BCUT2D eigenvalue weighted by Gasteiger charge is 2.39. The molecule has 2 rings (SSSR count). The minimum absolute atomic E-state index is 0.131. The van der Waals surface area contributed by atoms with Gasteiger partial charge in [0.1, 0.15) is 0 Å². The molecular formula is C19H26N2O4. The first kappa shape index (κ1) is 19.0. The molecule has 6 nitrogen and oxygen atoms in total. The van der Waals surface area contributed by atoms with Crippen molar-refractivity contribution in [3.63, 3.8) is 0 Å². The topological polar surface area (TPSA) is 95.5 Å². The molecule has 25 heavy (non-hydrogen) atoms. The van der Waals surface area contributed by atoms with Crippen molar-refractivity contribution in [2.24, 2.45) is 5.41 Å². The van der Waals surface area contributed by atoms with Crippen LogP contribution in [0.3, 0.4) is 0 Å². The molecule has 1 aliphatic carbocycles. The molecule has 0 radical (unpaired) electrons. The highest BCUT2D eigenvalue weighted by molar-refractivity contribution is 5.81. The lowest BCUT2D eigenvalue weighted by atomic mass is 9.74. The van der Waals surface area contributed by atoms with Gasteiger partial charge in [0.25, 0.3) is 0 Å².